The van der Waals surface area contributed by atoms with Gasteiger partial charge in [0.25, 0.3) is 0 Å². The van der Waals surface area contributed by atoms with Crippen LogP contribution in [0.25, 0.3) is 0 Å². The Labute approximate surface area is 113 Å². The molecule has 4 heteroatoms. The molecule has 4 heavy (non-hydrogen) atoms. The molecule has 0 saturated carbocycles. The summed E-state index contributed by atoms with van der Waals surface area (Å²) in [4.78, 5) is 0. The summed E-state index contributed by atoms with van der Waals surface area (Å²) in [5.41, 5.74) is 0. The van der Waals surface area contributed by atoms with Gasteiger partial charge in [0.05, 0.1) is 0 Å². The summed E-state index contributed by atoms with van der Waals surface area (Å²) in [5, 5.41) is 0. The molecule has 0 nitrogen and oxygen atoms in total. The summed E-state index contributed by atoms with van der Waals surface area (Å²) in [6.07, 6.45) is 0. The largest absolute Gasteiger partial charge is 2.00 e. The third-order valence-electron chi connectivity index (χ3n) is 0. The number of hydrogen-bond donors (Lipinski definition) is 0. The summed E-state index contributed by atoms with van der Waals surface area (Å²) < 4.78 is 0. The Hall–Kier alpha value is 3.73. The van der Waals surface area contributed by atoms with Gasteiger partial charge in [0, 0.05) is 0 Å². The van der Waals surface area contributed by atoms with Crippen LogP contribution in [-0.2, 0) is 0 Å². The van der Waals surface area contributed by atoms with E-state index in [0.717, 1.165) is 0 Å². The fourth-order valence-corrected chi connectivity index (χ4v) is 0. The molecule has 0 rings (SSSR count). The second-order valence-electron chi connectivity index (χ2n) is 0. The van der Waals surface area contributed by atoms with Crippen molar-refractivity contribution in [2.24, 2.45) is 0 Å². The van der Waals surface area contributed by atoms with Gasteiger partial charge < -0.3 is 41.0 Å². The van der Waals surface area contributed by atoms with Crippen molar-refractivity contribution in [1.29, 1.82) is 0 Å². The summed E-state index contributed by atoms with van der Waals surface area (Å²) >= 11 is 0. The average molecular weight is 287 g/mol. The van der Waals surface area contributed by atoms with Crippen molar-refractivity contribution in [3.63, 3.8) is 0 Å². The molecule has 0 aromatic rings. The van der Waals surface area contributed by atoms with E-state index in [1.54, 1.807) is 0 Å². The summed E-state index contributed by atoms with van der Waals surface area (Å²) in [6, 6.07) is 0. The van der Waals surface area contributed by atoms with Crippen molar-refractivity contribution < 1.29 is 41.0 Å². The molecule has 0 aliphatic rings. The van der Waals surface area contributed by atoms with Gasteiger partial charge in [-0.3, -0.25) is 0 Å². The first-order valence-corrected chi connectivity index (χ1v) is 0. The van der Waals surface area contributed by atoms with E-state index in [0.29, 0.717) is 0 Å². The average Bonchev–Trinajstić information content (AvgIpc) is 0. The Balaban J connectivity index is 0. The van der Waals surface area contributed by atoms with Gasteiger partial charge >= 0.3 is 75.5 Å². The van der Waals surface area contributed by atoms with E-state index in [9.17, 15) is 0 Å². The molecule has 0 aromatic heterocycles. The summed E-state index contributed by atoms with van der Waals surface area (Å²) in [7, 11) is 0. The van der Waals surface area contributed by atoms with E-state index in [1.165, 1.54) is 0 Å². The SMILES string of the molecule is [Br-].[Ca+2].[Ca+2].[I-]. The quantitative estimate of drug-likeness (QED) is 0.307. The van der Waals surface area contributed by atoms with Gasteiger partial charge in [0.15, 0.2) is 0 Å². The predicted octanol–water partition coefficient (Wildman–Crippen LogP) is -6.75. The van der Waals surface area contributed by atoms with Gasteiger partial charge in [0.2, 0.25) is 0 Å². The molecular weight excluding hydrogens is 287 g/mol. The summed E-state index contributed by atoms with van der Waals surface area (Å²) in [6.45, 7) is 0. The van der Waals surface area contributed by atoms with Crippen molar-refractivity contribution in [3.8, 4) is 0 Å². The Bertz CT molecular complexity index is 6.00. The fourth-order valence-electron chi connectivity index (χ4n) is 0. The molecule has 0 N–H and O–H groups in total. The van der Waals surface area contributed by atoms with Crippen LogP contribution >= 0.6 is 0 Å². The molecule has 0 atom stereocenters. The fraction of sp³-hybridized carbons (Fsp3) is 0. The number of hydrogen-bond acceptors (Lipinski definition) is 0. The van der Waals surface area contributed by atoms with Gasteiger partial charge in [-0.05, 0) is 0 Å². The Kier molecular flexibility index (Phi) is 99.9. The van der Waals surface area contributed by atoms with Crippen LogP contribution in [0, 0.1) is 0 Å². The third-order valence-corrected chi connectivity index (χ3v) is 0. The Morgan fingerprint density at radius 2 is 0.750 bits per heavy atom. The maximum Gasteiger partial charge on any atom is 2.00 e. The second-order valence-corrected chi connectivity index (χ2v) is 0. The van der Waals surface area contributed by atoms with E-state index in [-0.39, 0.29) is 116 Å². The Morgan fingerprint density at radius 1 is 0.750 bits per heavy atom. The first-order valence-electron chi connectivity index (χ1n) is 0. The maximum absolute atomic E-state index is 0. The molecule has 0 heterocycles. The molecule has 0 spiro atoms. The molecule has 0 bridgehead atoms. The molecule has 0 radical (unpaired) electrons. The summed E-state index contributed by atoms with van der Waals surface area (Å²) in [5.74, 6) is 0. The third kappa shape index (κ3) is 9.21. The van der Waals surface area contributed by atoms with E-state index >= 15 is 0 Å². The van der Waals surface area contributed by atoms with Crippen LogP contribution < -0.4 is 41.0 Å². The number of halogens is 2. The first-order chi connectivity index (χ1) is 0. The first kappa shape index (κ1) is 25.2. The minimum atomic E-state index is 0. The molecular formula is BrCa2I+2. The van der Waals surface area contributed by atoms with E-state index in [1.807, 2.05) is 0 Å². The molecule has 0 aliphatic carbocycles. The van der Waals surface area contributed by atoms with E-state index in [4.69, 9.17) is 0 Å². The molecule has 0 aromatic carbocycles. The van der Waals surface area contributed by atoms with Crippen LogP contribution in [0.1, 0.15) is 0 Å². The smallest absolute Gasteiger partial charge is 1.00 e. The van der Waals surface area contributed by atoms with Gasteiger partial charge in [-0.25, -0.2) is 0 Å². The van der Waals surface area contributed by atoms with E-state index in [2.05, 4.69) is 0 Å². The molecule has 16 valence electrons. The van der Waals surface area contributed by atoms with Crippen molar-refractivity contribution in [2.45, 2.75) is 0 Å². The van der Waals surface area contributed by atoms with Crippen molar-refractivity contribution in [1.82, 2.24) is 0 Å². The zero-order chi connectivity index (χ0) is 0. The molecule has 0 amide bonds. The maximum atomic E-state index is 0. The zero-order valence-corrected chi connectivity index (χ0v) is 10.3. The monoisotopic (exact) mass is 286 g/mol. The zero-order valence-electron chi connectivity index (χ0n) is 2.17. The topological polar surface area (TPSA) is 0 Å². The van der Waals surface area contributed by atoms with E-state index < -0.39 is 0 Å². The predicted molar refractivity (Wildman–Crippen MR) is 11.5 cm³/mol. The van der Waals surface area contributed by atoms with Gasteiger partial charge in [-0.15, -0.1) is 0 Å². The Morgan fingerprint density at radius 3 is 0.750 bits per heavy atom. The minimum absolute atomic E-state index is 0. The van der Waals surface area contributed by atoms with Crippen LogP contribution in [-0.4, -0.2) is 75.5 Å². The van der Waals surface area contributed by atoms with Gasteiger partial charge in [-0.2, -0.15) is 0 Å². The standard InChI is InChI=1S/BrH.2Ca.HI/h1H;;;1H/q;2*+2;/p-2. The second kappa shape index (κ2) is 15.9. The van der Waals surface area contributed by atoms with Crippen molar-refractivity contribution in [2.75, 3.05) is 0 Å². The van der Waals surface area contributed by atoms with Crippen LogP contribution in [0.2, 0.25) is 0 Å². The van der Waals surface area contributed by atoms with Crippen LogP contribution in [0.4, 0.5) is 0 Å². The van der Waals surface area contributed by atoms with Gasteiger partial charge in [-0.1, -0.05) is 0 Å². The molecule has 0 unspecified atom stereocenters. The van der Waals surface area contributed by atoms with Gasteiger partial charge in [0.1, 0.15) is 0 Å². The molecule has 0 fully saturated rings. The number of rotatable bonds is 0. The molecule has 0 aliphatic heterocycles. The van der Waals surface area contributed by atoms with Crippen molar-refractivity contribution in [3.05, 3.63) is 0 Å². The normalized spacial score (nSPS) is 0. The van der Waals surface area contributed by atoms with Crippen LogP contribution in [0.15, 0.2) is 0 Å². The van der Waals surface area contributed by atoms with Crippen LogP contribution in [0.5, 0.6) is 0 Å². The molecule has 0 saturated heterocycles. The van der Waals surface area contributed by atoms with Crippen molar-refractivity contribution >= 4 is 75.5 Å². The minimum Gasteiger partial charge on any atom is -1.00 e. The van der Waals surface area contributed by atoms with Crippen LogP contribution in [0.3, 0.4) is 0 Å².